The van der Waals surface area contributed by atoms with Crippen molar-refractivity contribution in [1.82, 2.24) is 29.3 Å². The summed E-state index contributed by atoms with van der Waals surface area (Å²) < 4.78 is 2.11. The number of carbonyl (C=O) groups excluding carboxylic acids is 1. The summed E-state index contributed by atoms with van der Waals surface area (Å²) in [6.07, 6.45) is 1.56. The third-order valence-electron chi connectivity index (χ3n) is 6.37. The van der Waals surface area contributed by atoms with E-state index in [2.05, 4.69) is 21.4 Å². The Labute approximate surface area is 205 Å². The number of anilines is 1. The lowest BCUT2D eigenvalue weighted by molar-refractivity contribution is -0.127. The molecule has 0 saturated carbocycles. The first kappa shape index (κ1) is 23.7. The van der Waals surface area contributed by atoms with Crippen molar-refractivity contribution in [2.75, 3.05) is 51.2 Å². The molecule has 0 spiro atoms. The van der Waals surface area contributed by atoms with Gasteiger partial charge < -0.3 is 19.3 Å². The van der Waals surface area contributed by atoms with Gasteiger partial charge in [0.2, 0.25) is 5.91 Å². The van der Waals surface area contributed by atoms with Gasteiger partial charge >= 0.3 is 0 Å². The molecule has 3 aromatic rings. The molecular formula is C23H29Cl2N7O. The second-order valence-corrected chi connectivity index (χ2v) is 9.02. The zero-order valence-corrected chi connectivity index (χ0v) is 20.6. The zero-order chi connectivity index (χ0) is 22.2. The number of piperazine rings is 1. The minimum atomic E-state index is 0. The molecule has 1 amide bonds. The van der Waals surface area contributed by atoms with E-state index in [0.29, 0.717) is 24.5 Å². The van der Waals surface area contributed by atoms with Crippen LogP contribution in [0.5, 0.6) is 0 Å². The smallest absolute Gasteiger partial charge is 0.222 e. The number of likely N-dealkylation sites (tertiary alicyclic amines) is 1. The molecule has 10 heteroatoms. The molecule has 1 aromatic carbocycles. The van der Waals surface area contributed by atoms with E-state index in [1.807, 2.05) is 36.1 Å². The van der Waals surface area contributed by atoms with Crippen molar-refractivity contribution in [2.45, 2.75) is 26.3 Å². The van der Waals surface area contributed by atoms with E-state index in [4.69, 9.17) is 26.6 Å². The molecule has 176 valence electrons. The van der Waals surface area contributed by atoms with E-state index >= 15 is 0 Å². The lowest BCUT2D eigenvalue weighted by Crippen LogP contribution is -2.45. The van der Waals surface area contributed by atoms with E-state index in [1.54, 1.807) is 0 Å². The van der Waals surface area contributed by atoms with Crippen molar-refractivity contribution < 1.29 is 4.79 Å². The van der Waals surface area contributed by atoms with Gasteiger partial charge in [-0.25, -0.2) is 15.0 Å². The number of nitrogens with zero attached hydrogens (tertiary/aromatic N) is 7. The number of benzene rings is 1. The van der Waals surface area contributed by atoms with Gasteiger partial charge in [-0.15, -0.1) is 12.4 Å². The van der Waals surface area contributed by atoms with Crippen LogP contribution in [0.25, 0.3) is 22.6 Å². The van der Waals surface area contributed by atoms with Crippen LogP contribution in [0, 0.1) is 6.92 Å². The molecule has 0 N–H and O–H groups in total. The van der Waals surface area contributed by atoms with Gasteiger partial charge in [0.1, 0.15) is 11.6 Å². The summed E-state index contributed by atoms with van der Waals surface area (Å²) >= 11 is 6.57. The molecule has 2 aliphatic rings. The molecule has 33 heavy (non-hydrogen) atoms. The van der Waals surface area contributed by atoms with Crippen LogP contribution in [0.1, 0.15) is 18.7 Å². The number of likely N-dealkylation sites (N-methyl/N-ethyl adjacent to an activating group) is 1. The molecule has 2 aromatic heterocycles. The third-order valence-corrected chi connectivity index (χ3v) is 6.70. The summed E-state index contributed by atoms with van der Waals surface area (Å²) in [7, 11) is 2.14. The molecule has 2 fully saturated rings. The predicted octanol–water partition coefficient (Wildman–Crippen LogP) is 3.25. The summed E-state index contributed by atoms with van der Waals surface area (Å²) in [6, 6.07) is 7.74. The SMILES string of the molecule is Cc1nc(N2CCN(C)CC2)c2nc(-c3ccccc3Cl)n(CCN3CCCC3=O)c2n1.Cl. The fraction of sp³-hybridized carbons (Fsp3) is 0.478. The van der Waals surface area contributed by atoms with E-state index in [1.165, 1.54) is 0 Å². The Hall–Kier alpha value is -2.42. The number of imidazole rings is 1. The number of fused-ring (bicyclic) bond motifs is 1. The van der Waals surface area contributed by atoms with Crippen molar-refractivity contribution >= 4 is 46.9 Å². The molecule has 2 saturated heterocycles. The third kappa shape index (κ3) is 4.65. The molecule has 4 heterocycles. The molecule has 0 atom stereocenters. The summed E-state index contributed by atoms with van der Waals surface area (Å²) in [4.78, 5) is 33.4. The Morgan fingerprint density at radius 3 is 2.45 bits per heavy atom. The van der Waals surface area contributed by atoms with Crippen LogP contribution in [-0.2, 0) is 11.3 Å². The number of aryl methyl sites for hydroxylation is 1. The molecule has 8 nitrogen and oxygen atoms in total. The second-order valence-electron chi connectivity index (χ2n) is 8.61. The molecule has 5 rings (SSSR count). The average Bonchev–Trinajstić information content (AvgIpc) is 3.35. The lowest BCUT2D eigenvalue weighted by atomic mass is 10.2. The number of carbonyl (C=O) groups is 1. The number of halogens is 2. The highest BCUT2D eigenvalue weighted by molar-refractivity contribution is 6.33. The van der Waals surface area contributed by atoms with Crippen LogP contribution in [0.15, 0.2) is 24.3 Å². The number of hydrogen-bond acceptors (Lipinski definition) is 6. The Bertz CT molecular complexity index is 1160. The Balaban J connectivity index is 0.00000259. The first-order valence-electron chi connectivity index (χ1n) is 11.2. The first-order chi connectivity index (χ1) is 15.5. The summed E-state index contributed by atoms with van der Waals surface area (Å²) in [5.74, 6) is 2.59. The molecule has 0 bridgehead atoms. The average molecular weight is 490 g/mol. The van der Waals surface area contributed by atoms with Crippen molar-refractivity contribution in [3.05, 3.63) is 35.1 Å². The normalized spacial score (nSPS) is 17.1. The fourth-order valence-electron chi connectivity index (χ4n) is 4.55. The molecule has 2 aliphatic heterocycles. The molecule has 0 aliphatic carbocycles. The van der Waals surface area contributed by atoms with E-state index < -0.39 is 0 Å². The highest BCUT2D eigenvalue weighted by Crippen LogP contribution is 2.33. The Kier molecular flexibility index (Phi) is 7.07. The van der Waals surface area contributed by atoms with Crippen LogP contribution in [0.2, 0.25) is 5.02 Å². The van der Waals surface area contributed by atoms with Crippen molar-refractivity contribution in [3.63, 3.8) is 0 Å². The largest absolute Gasteiger partial charge is 0.352 e. The predicted molar refractivity (Wildman–Crippen MR) is 133 cm³/mol. The minimum absolute atomic E-state index is 0. The molecular weight excluding hydrogens is 461 g/mol. The van der Waals surface area contributed by atoms with E-state index in [9.17, 15) is 4.79 Å². The second kappa shape index (κ2) is 9.83. The van der Waals surface area contributed by atoms with Crippen LogP contribution in [-0.4, -0.2) is 81.5 Å². The standard InChI is InChI=1S/C23H28ClN7O.ClH/c1-16-25-22(30-12-10-28(2)11-13-30)20-23(26-16)31(15-14-29-9-5-8-19(29)32)21(27-20)17-6-3-4-7-18(17)24;/h3-4,6-7H,5,8-15H2,1-2H3;1H. The highest BCUT2D eigenvalue weighted by atomic mass is 35.5. The molecule has 0 unspecified atom stereocenters. The zero-order valence-electron chi connectivity index (χ0n) is 19.0. The van der Waals surface area contributed by atoms with E-state index in [0.717, 1.165) is 73.3 Å². The number of rotatable bonds is 5. The van der Waals surface area contributed by atoms with Crippen LogP contribution < -0.4 is 4.90 Å². The topological polar surface area (TPSA) is 70.4 Å². The Morgan fingerprint density at radius 1 is 1.00 bits per heavy atom. The fourth-order valence-corrected chi connectivity index (χ4v) is 4.77. The van der Waals surface area contributed by atoms with Crippen LogP contribution >= 0.6 is 24.0 Å². The lowest BCUT2D eigenvalue weighted by Gasteiger charge is -2.33. The van der Waals surface area contributed by atoms with Gasteiger partial charge in [0.15, 0.2) is 17.0 Å². The van der Waals surface area contributed by atoms with Crippen molar-refractivity contribution in [3.8, 4) is 11.4 Å². The number of hydrogen-bond donors (Lipinski definition) is 0. The quantitative estimate of drug-likeness (QED) is 0.547. The van der Waals surface area contributed by atoms with Gasteiger partial charge in [-0.05, 0) is 32.5 Å². The number of aromatic nitrogens is 4. The summed E-state index contributed by atoms with van der Waals surface area (Å²) in [6.45, 7) is 7.76. The van der Waals surface area contributed by atoms with Crippen LogP contribution in [0.4, 0.5) is 5.82 Å². The van der Waals surface area contributed by atoms with Gasteiger partial charge in [-0.3, -0.25) is 4.79 Å². The maximum absolute atomic E-state index is 12.2. The Morgan fingerprint density at radius 2 is 1.76 bits per heavy atom. The van der Waals surface area contributed by atoms with Gasteiger partial charge in [0.25, 0.3) is 0 Å². The highest BCUT2D eigenvalue weighted by Gasteiger charge is 2.26. The van der Waals surface area contributed by atoms with Crippen molar-refractivity contribution in [1.29, 1.82) is 0 Å². The van der Waals surface area contributed by atoms with Crippen LogP contribution in [0.3, 0.4) is 0 Å². The minimum Gasteiger partial charge on any atom is -0.352 e. The first-order valence-corrected chi connectivity index (χ1v) is 11.6. The summed E-state index contributed by atoms with van der Waals surface area (Å²) in [5.41, 5.74) is 2.46. The van der Waals surface area contributed by atoms with Gasteiger partial charge in [-0.2, -0.15) is 0 Å². The maximum Gasteiger partial charge on any atom is 0.222 e. The molecule has 0 radical (unpaired) electrons. The monoisotopic (exact) mass is 489 g/mol. The summed E-state index contributed by atoms with van der Waals surface area (Å²) in [5, 5.41) is 0.645. The number of amides is 1. The van der Waals surface area contributed by atoms with E-state index in [-0.39, 0.29) is 18.3 Å². The van der Waals surface area contributed by atoms with Gasteiger partial charge in [0.05, 0.1) is 5.02 Å². The van der Waals surface area contributed by atoms with Gasteiger partial charge in [-0.1, -0.05) is 23.7 Å². The maximum atomic E-state index is 12.2. The van der Waals surface area contributed by atoms with Crippen molar-refractivity contribution in [2.24, 2.45) is 0 Å². The van der Waals surface area contributed by atoms with Gasteiger partial charge in [0, 0.05) is 57.8 Å².